The number of hydrogen-bond donors (Lipinski definition) is 0. The molecule has 0 aliphatic heterocycles. The highest BCUT2D eigenvalue weighted by atomic mass is 79.9. The van der Waals surface area contributed by atoms with Gasteiger partial charge in [-0.3, -0.25) is 4.90 Å². The van der Waals surface area contributed by atoms with Gasteiger partial charge in [0.05, 0.1) is 0 Å². The molecule has 17 heavy (non-hydrogen) atoms. The van der Waals surface area contributed by atoms with Crippen molar-refractivity contribution in [2.75, 3.05) is 11.4 Å². The molecule has 3 nitrogen and oxygen atoms in total. The summed E-state index contributed by atoms with van der Waals surface area (Å²) in [4.78, 5) is 13.6. The van der Waals surface area contributed by atoms with Crippen LogP contribution in [0.1, 0.15) is 27.7 Å². The van der Waals surface area contributed by atoms with E-state index in [1.54, 1.807) is 4.90 Å². The molecule has 94 valence electrons. The van der Waals surface area contributed by atoms with Crippen molar-refractivity contribution < 1.29 is 9.53 Å². The van der Waals surface area contributed by atoms with Crippen LogP contribution < -0.4 is 4.90 Å². The molecular formula is C13H18BrNO2. The normalized spacial score (nSPS) is 11.1. The maximum atomic E-state index is 12.0. The molecular weight excluding hydrogens is 282 g/mol. The molecule has 0 radical (unpaired) electrons. The third-order valence-electron chi connectivity index (χ3n) is 2.07. The number of benzene rings is 1. The van der Waals surface area contributed by atoms with E-state index in [2.05, 4.69) is 15.9 Å². The fourth-order valence-electron chi connectivity index (χ4n) is 1.36. The van der Waals surface area contributed by atoms with E-state index >= 15 is 0 Å². The Balaban J connectivity index is 2.84. The van der Waals surface area contributed by atoms with Crippen molar-refractivity contribution in [3.05, 3.63) is 28.7 Å². The van der Waals surface area contributed by atoms with Crippen LogP contribution in [0, 0.1) is 0 Å². The molecule has 0 unspecified atom stereocenters. The van der Waals surface area contributed by atoms with Gasteiger partial charge in [0, 0.05) is 16.7 Å². The molecule has 0 heterocycles. The number of carbonyl (C=O) groups is 1. The van der Waals surface area contributed by atoms with Crippen LogP contribution >= 0.6 is 15.9 Å². The summed E-state index contributed by atoms with van der Waals surface area (Å²) in [6.07, 6.45) is -0.317. The molecule has 4 heteroatoms. The summed E-state index contributed by atoms with van der Waals surface area (Å²) in [6.45, 7) is 8.09. The molecule has 0 saturated heterocycles. The minimum atomic E-state index is -0.472. The van der Waals surface area contributed by atoms with Crippen LogP contribution in [0.25, 0.3) is 0 Å². The Labute approximate surface area is 111 Å². The van der Waals surface area contributed by atoms with E-state index in [1.807, 2.05) is 52.0 Å². The Morgan fingerprint density at radius 2 is 1.82 bits per heavy atom. The van der Waals surface area contributed by atoms with E-state index in [9.17, 15) is 4.79 Å². The summed E-state index contributed by atoms with van der Waals surface area (Å²) in [5.41, 5.74) is 0.366. The van der Waals surface area contributed by atoms with Gasteiger partial charge in [0.25, 0.3) is 0 Å². The second kappa shape index (κ2) is 5.54. The Bertz CT molecular complexity index is 381. The quantitative estimate of drug-likeness (QED) is 0.818. The van der Waals surface area contributed by atoms with E-state index in [0.29, 0.717) is 6.54 Å². The van der Waals surface area contributed by atoms with Crippen molar-refractivity contribution in [1.29, 1.82) is 0 Å². The Kier molecular flexibility index (Phi) is 4.57. The maximum absolute atomic E-state index is 12.0. The molecule has 0 N–H and O–H groups in total. The molecule has 0 aromatic heterocycles. The number of carbonyl (C=O) groups excluding carboxylic acids is 1. The first kappa shape index (κ1) is 14.0. The second-order valence-electron chi connectivity index (χ2n) is 4.70. The van der Waals surface area contributed by atoms with Crippen molar-refractivity contribution in [1.82, 2.24) is 0 Å². The lowest BCUT2D eigenvalue weighted by Crippen LogP contribution is -2.36. The summed E-state index contributed by atoms with van der Waals surface area (Å²) < 4.78 is 6.34. The smallest absolute Gasteiger partial charge is 0.414 e. The van der Waals surface area contributed by atoms with Gasteiger partial charge in [-0.15, -0.1) is 0 Å². The average Bonchev–Trinajstić information content (AvgIpc) is 2.19. The summed E-state index contributed by atoms with van der Waals surface area (Å²) >= 11 is 3.37. The minimum Gasteiger partial charge on any atom is -0.443 e. The second-order valence-corrected chi connectivity index (χ2v) is 5.62. The zero-order chi connectivity index (χ0) is 13.1. The van der Waals surface area contributed by atoms with Crippen LogP contribution in [0.5, 0.6) is 0 Å². The molecule has 1 amide bonds. The monoisotopic (exact) mass is 299 g/mol. The van der Waals surface area contributed by atoms with Crippen molar-refractivity contribution >= 4 is 27.7 Å². The Morgan fingerprint density at radius 3 is 2.24 bits per heavy atom. The lowest BCUT2D eigenvalue weighted by atomic mass is 10.2. The SMILES string of the molecule is CCN(C(=O)OC(C)(C)C)c1ccc(Br)cc1. The number of halogens is 1. The number of hydrogen-bond acceptors (Lipinski definition) is 2. The highest BCUT2D eigenvalue weighted by Crippen LogP contribution is 2.20. The van der Waals surface area contributed by atoms with Gasteiger partial charge < -0.3 is 4.74 Å². The molecule has 1 rings (SSSR count). The highest BCUT2D eigenvalue weighted by Gasteiger charge is 2.21. The molecule has 0 saturated carbocycles. The third kappa shape index (κ3) is 4.38. The van der Waals surface area contributed by atoms with E-state index in [0.717, 1.165) is 10.2 Å². The van der Waals surface area contributed by atoms with Crippen molar-refractivity contribution in [3.8, 4) is 0 Å². The number of anilines is 1. The van der Waals surface area contributed by atoms with Gasteiger partial charge in [0.1, 0.15) is 5.60 Å². The van der Waals surface area contributed by atoms with Crippen LogP contribution in [0.3, 0.4) is 0 Å². The van der Waals surface area contributed by atoms with Gasteiger partial charge in [-0.05, 0) is 52.0 Å². The van der Waals surface area contributed by atoms with Gasteiger partial charge in [0.2, 0.25) is 0 Å². The molecule has 0 aliphatic rings. The van der Waals surface area contributed by atoms with Gasteiger partial charge in [-0.1, -0.05) is 15.9 Å². The molecule has 0 fully saturated rings. The van der Waals surface area contributed by atoms with Gasteiger partial charge >= 0.3 is 6.09 Å². The molecule has 0 atom stereocenters. The van der Waals surface area contributed by atoms with Crippen LogP contribution in [0.15, 0.2) is 28.7 Å². The fourth-order valence-corrected chi connectivity index (χ4v) is 1.62. The Hall–Kier alpha value is -1.03. The first-order valence-corrected chi connectivity index (χ1v) is 6.39. The van der Waals surface area contributed by atoms with E-state index in [-0.39, 0.29) is 6.09 Å². The zero-order valence-corrected chi connectivity index (χ0v) is 12.2. The summed E-state index contributed by atoms with van der Waals surface area (Å²) in [6, 6.07) is 7.58. The molecule has 0 aliphatic carbocycles. The largest absolute Gasteiger partial charge is 0.443 e. The number of nitrogens with zero attached hydrogens (tertiary/aromatic N) is 1. The number of ether oxygens (including phenoxy) is 1. The van der Waals surface area contributed by atoms with Gasteiger partial charge in [0.15, 0.2) is 0 Å². The summed E-state index contributed by atoms with van der Waals surface area (Å²) in [5, 5.41) is 0. The molecule has 0 spiro atoms. The van der Waals surface area contributed by atoms with Crippen LogP contribution in [-0.2, 0) is 4.74 Å². The Morgan fingerprint density at radius 1 is 1.29 bits per heavy atom. The van der Waals surface area contributed by atoms with E-state index in [1.165, 1.54) is 0 Å². The van der Waals surface area contributed by atoms with E-state index < -0.39 is 5.60 Å². The van der Waals surface area contributed by atoms with Gasteiger partial charge in [-0.25, -0.2) is 4.79 Å². The van der Waals surface area contributed by atoms with Gasteiger partial charge in [-0.2, -0.15) is 0 Å². The van der Waals surface area contributed by atoms with Crippen molar-refractivity contribution in [3.63, 3.8) is 0 Å². The standard InChI is InChI=1S/C13H18BrNO2/c1-5-15(12(16)17-13(2,3)4)11-8-6-10(14)7-9-11/h6-9H,5H2,1-4H3. The topological polar surface area (TPSA) is 29.5 Å². The summed E-state index contributed by atoms with van der Waals surface area (Å²) in [5.74, 6) is 0. The van der Waals surface area contributed by atoms with E-state index in [4.69, 9.17) is 4.74 Å². The lowest BCUT2D eigenvalue weighted by molar-refractivity contribution is 0.0582. The third-order valence-corrected chi connectivity index (χ3v) is 2.60. The fraction of sp³-hybridized carbons (Fsp3) is 0.462. The van der Waals surface area contributed by atoms with Crippen LogP contribution in [-0.4, -0.2) is 18.2 Å². The zero-order valence-electron chi connectivity index (χ0n) is 10.7. The number of amides is 1. The highest BCUT2D eigenvalue weighted by molar-refractivity contribution is 9.10. The molecule has 1 aromatic carbocycles. The predicted octanol–water partition coefficient (Wildman–Crippen LogP) is 4.21. The predicted molar refractivity (Wildman–Crippen MR) is 73.4 cm³/mol. The van der Waals surface area contributed by atoms with Crippen LogP contribution in [0.4, 0.5) is 10.5 Å². The van der Waals surface area contributed by atoms with Crippen LogP contribution in [0.2, 0.25) is 0 Å². The summed E-state index contributed by atoms with van der Waals surface area (Å²) in [7, 11) is 0. The first-order chi connectivity index (χ1) is 7.83. The van der Waals surface area contributed by atoms with Crippen molar-refractivity contribution in [2.24, 2.45) is 0 Å². The maximum Gasteiger partial charge on any atom is 0.414 e. The lowest BCUT2D eigenvalue weighted by Gasteiger charge is -2.26. The minimum absolute atomic E-state index is 0.317. The first-order valence-electron chi connectivity index (χ1n) is 5.59. The molecule has 0 bridgehead atoms. The van der Waals surface area contributed by atoms with Crippen molar-refractivity contribution in [2.45, 2.75) is 33.3 Å². The average molecular weight is 300 g/mol. The molecule has 1 aromatic rings. The number of rotatable bonds is 2.